The Morgan fingerprint density at radius 2 is 2.18 bits per heavy atom. The number of carboxylic acid groups (broad SMARTS) is 1. The van der Waals surface area contributed by atoms with Gasteiger partial charge in [-0.1, -0.05) is 13.3 Å². The molecule has 4 nitrogen and oxygen atoms in total. The van der Waals surface area contributed by atoms with Crippen LogP contribution >= 0.6 is 0 Å². The average molecular weight is 160 g/mol. The molecule has 0 atom stereocenters. The van der Waals surface area contributed by atoms with Gasteiger partial charge < -0.3 is 15.7 Å². The van der Waals surface area contributed by atoms with Crippen molar-refractivity contribution in [3.8, 4) is 0 Å². The van der Waals surface area contributed by atoms with E-state index < -0.39 is 6.09 Å². The third-order valence-electron chi connectivity index (χ3n) is 1.45. The highest BCUT2D eigenvalue weighted by molar-refractivity contribution is 5.64. The number of hydrogen-bond donors (Lipinski definition) is 2. The minimum atomic E-state index is -0.871. The molecule has 3 N–H and O–H groups in total. The molecular formula is C7H16N2O2. The summed E-state index contributed by atoms with van der Waals surface area (Å²) in [5.41, 5.74) is 5.23. The van der Waals surface area contributed by atoms with Crippen molar-refractivity contribution in [1.82, 2.24) is 4.90 Å². The van der Waals surface area contributed by atoms with Gasteiger partial charge in [0.25, 0.3) is 0 Å². The van der Waals surface area contributed by atoms with Gasteiger partial charge in [0.05, 0.1) is 0 Å². The lowest BCUT2D eigenvalue weighted by molar-refractivity contribution is 0.146. The van der Waals surface area contributed by atoms with Crippen LogP contribution in [0.15, 0.2) is 0 Å². The lowest BCUT2D eigenvalue weighted by Crippen LogP contribution is -2.34. The molecular weight excluding hydrogens is 144 g/mol. The van der Waals surface area contributed by atoms with E-state index in [9.17, 15) is 4.79 Å². The Morgan fingerprint density at radius 1 is 1.55 bits per heavy atom. The van der Waals surface area contributed by atoms with Crippen molar-refractivity contribution < 1.29 is 9.90 Å². The highest BCUT2D eigenvalue weighted by atomic mass is 16.4. The zero-order chi connectivity index (χ0) is 8.69. The number of rotatable bonds is 5. The van der Waals surface area contributed by atoms with Gasteiger partial charge >= 0.3 is 6.09 Å². The fourth-order valence-corrected chi connectivity index (χ4v) is 0.808. The number of unbranched alkanes of at least 4 members (excludes halogenated alkanes) is 1. The average Bonchev–Trinajstić information content (AvgIpc) is 1.97. The first-order valence-electron chi connectivity index (χ1n) is 3.90. The number of nitrogens with two attached hydrogens (primary N) is 1. The lowest BCUT2D eigenvalue weighted by atomic mass is 10.3. The molecule has 1 amide bonds. The van der Waals surface area contributed by atoms with Crippen molar-refractivity contribution >= 4 is 6.09 Å². The molecule has 0 aromatic rings. The predicted octanol–water partition coefficient (Wildman–Crippen LogP) is 0.725. The maximum atomic E-state index is 10.5. The van der Waals surface area contributed by atoms with Crippen LogP contribution in [0, 0.1) is 0 Å². The van der Waals surface area contributed by atoms with Gasteiger partial charge in [0.2, 0.25) is 0 Å². The summed E-state index contributed by atoms with van der Waals surface area (Å²) in [5, 5.41) is 8.60. The second-order valence-corrected chi connectivity index (χ2v) is 2.41. The van der Waals surface area contributed by atoms with Gasteiger partial charge in [-0.05, 0) is 6.42 Å². The Kier molecular flexibility index (Phi) is 5.56. The molecule has 4 heteroatoms. The monoisotopic (exact) mass is 160 g/mol. The van der Waals surface area contributed by atoms with Crippen LogP contribution in [0.25, 0.3) is 0 Å². The maximum Gasteiger partial charge on any atom is 0.407 e. The van der Waals surface area contributed by atoms with E-state index in [0.29, 0.717) is 19.6 Å². The van der Waals surface area contributed by atoms with E-state index >= 15 is 0 Å². The largest absolute Gasteiger partial charge is 0.465 e. The van der Waals surface area contributed by atoms with Gasteiger partial charge in [-0.3, -0.25) is 0 Å². The Labute approximate surface area is 67.0 Å². The van der Waals surface area contributed by atoms with E-state index in [2.05, 4.69) is 0 Å². The van der Waals surface area contributed by atoms with Crippen LogP contribution in [0.1, 0.15) is 19.8 Å². The van der Waals surface area contributed by atoms with Crippen molar-refractivity contribution in [1.29, 1.82) is 0 Å². The molecule has 0 saturated carbocycles. The van der Waals surface area contributed by atoms with Crippen LogP contribution < -0.4 is 5.73 Å². The normalized spacial score (nSPS) is 9.64. The molecule has 0 aliphatic rings. The zero-order valence-corrected chi connectivity index (χ0v) is 6.92. The summed E-state index contributed by atoms with van der Waals surface area (Å²) in [6, 6.07) is 0. The molecule has 0 heterocycles. The van der Waals surface area contributed by atoms with Crippen LogP contribution in [-0.2, 0) is 0 Å². The Bertz CT molecular complexity index is 117. The van der Waals surface area contributed by atoms with Crippen LogP contribution in [0.4, 0.5) is 4.79 Å². The summed E-state index contributed by atoms with van der Waals surface area (Å²) in [4.78, 5) is 11.8. The van der Waals surface area contributed by atoms with Gasteiger partial charge in [0.15, 0.2) is 0 Å². The summed E-state index contributed by atoms with van der Waals surface area (Å²) in [7, 11) is 0. The molecule has 0 spiro atoms. The highest BCUT2D eigenvalue weighted by Crippen LogP contribution is 1.94. The van der Waals surface area contributed by atoms with E-state index in [1.807, 2.05) is 6.92 Å². The third-order valence-corrected chi connectivity index (χ3v) is 1.45. The number of amides is 1. The molecule has 0 bridgehead atoms. The topological polar surface area (TPSA) is 66.6 Å². The fourth-order valence-electron chi connectivity index (χ4n) is 0.808. The van der Waals surface area contributed by atoms with E-state index in [0.717, 1.165) is 12.8 Å². The van der Waals surface area contributed by atoms with Gasteiger partial charge in [-0.2, -0.15) is 0 Å². The maximum absolute atomic E-state index is 10.5. The Balaban J connectivity index is 3.60. The van der Waals surface area contributed by atoms with Crippen molar-refractivity contribution in [3.05, 3.63) is 0 Å². The van der Waals surface area contributed by atoms with Crippen molar-refractivity contribution in [3.63, 3.8) is 0 Å². The van der Waals surface area contributed by atoms with E-state index in [-0.39, 0.29) is 0 Å². The predicted molar refractivity (Wildman–Crippen MR) is 43.6 cm³/mol. The molecule has 0 aromatic heterocycles. The van der Waals surface area contributed by atoms with Crippen LogP contribution in [0.5, 0.6) is 0 Å². The van der Waals surface area contributed by atoms with Crippen molar-refractivity contribution in [2.24, 2.45) is 5.73 Å². The van der Waals surface area contributed by atoms with Gasteiger partial charge in [-0.15, -0.1) is 0 Å². The smallest absolute Gasteiger partial charge is 0.407 e. The Hall–Kier alpha value is -0.770. The minimum Gasteiger partial charge on any atom is -0.465 e. The molecule has 66 valence electrons. The SMILES string of the molecule is CCCCN(CCN)C(=O)O. The molecule has 0 aliphatic carbocycles. The van der Waals surface area contributed by atoms with Crippen LogP contribution in [-0.4, -0.2) is 35.7 Å². The molecule has 0 aromatic carbocycles. The third kappa shape index (κ3) is 4.61. The molecule has 0 unspecified atom stereocenters. The molecule has 0 rings (SSSR count). The lowest BCUT2D eigenvalue weighted by Gasteiger charge is -2.17. The zero-order valence-electron chi connectivity index (χ0n) is 6.92. The van der Waals surface area contributed by atoms with Gasteiger partial charge in [0.1, 0.15) is 0 Å². The first-order valence-corrected chi connectivity index (χ1v) is 3.90. The first-order chi connectivity index (χ1) is 5.22. The summed E-state index contributed by atoms with van der Waals surface area (Å²) < 4.78 is 0. The molecule has 0 saturated heterocycles. The number of nitrogens with zero attached hydrogens (tertiary/aromatic N) is 1. The van der Waals surface area contributed by atoms with Gasteiger partial charge in [-0.25, -0.2) is 4.79 Å². The van der Waals surface area contributed by atoms with Crippen LogP contribution in [0.2, 0.25) is 0 Å². The molecule has 0 aliphatic heterocycles. The van der Waals surface area contributed by atoms with Gasteiger partial charge in [0, 0.05) is 19.6 Å². The van der Waals surface area contributed by atoms with E-state index in [4.69, 9.17) is 10.8 Å². The quantitative estimate of drug-likeness (QED) is 0.623. The Morgan fingerprint density at radius 3 is 2.55 bits per heavy atom. The number of hydrogen-bond acceptors (Lipinski definition) is 2. The molecule has 11 heavy (non-hydrogen) atoms. The summed E-state index contributed by atoms with van der Waals surface area (Å²) in [6.07, 6.45) is 1.05. The second kappa shape index (κ2) is 5.97. The number of carbonyl (C=O) groups is 1. The summed E-state index contributed by atoms with van der Waals surface area (Å²) in [6.45, 7) is 3.47. The molecule has 0 radical (unpaired) electrons. The standard InChI is InChI=1S/C7H16N2O2/c1-2-3-5-9(6-4-8)7(10)11/h2-6,8H2,1H3,(H,10,11). The minimum absolute atomic E-state index is 0.399. The first kappa shape index (κ1) is 10.2. The highest BCUT2D eigenvalue weighted by Gasteiger charge is 2.08. The van der Waals surface area contributed by atoms with E-state index in [1.54, 1.807) is 0 Å². The van der Waals surface area contributed by atoms with Crippen LogP contribution in [0.3, 0.4) is 0 Å². The molecule has 0 fully saturated rings. The summed E-state index contributed by atoms with van der Waals surface area (Å²) >= 11 is 0. The van der Waals surface area contributed by atoms with Crippen molar-refractivity contribution in [2.45, 2.75) is 19.8 Å². The van der Waals surface area contributed by atoms with E-state index in [1.165, 1.54) is 4.90 Å². The summed E-state index contributed by atoms with van der Waals surface area (Å²) in [5.74, 6) is 0. The fraction of sp³-hybridized carbons (Fsp3) is 0.857. The second-order valence-electron chi connectivity index (χ2n) is 2.41. The van der Waals surface area contributed by atoms with Crippen molar-refractivity contribution in [2.75, 3.05) is 19.6 Å².